The first-order valence-electron chi connectivity index (χ1n) is 44.3. The van der Waals surface area contributed by atoms with E-state index in [9.17, 15) is 43.2 Å². The van der Waals surface area contributed by atoms with Crippen LogP contribution < -0.4 is 0 Å². The van der Waals surface area contributed by atoms with Gasteiger partial charge in [-0.2, -0.15) is 0 Å². The van der Waals surface area contributed by atoms with Gasteiger partial charge in [0.05, 0.1) is 26.4 Å². The van der Waals surface area contributed by atoms with Crippen LogP contribution >= 0.6 is 15.6 Å². The summed E-state index contributed by atoms with van der Waals surface area (Å²) in [6.45, 7) is 12.0. The van der Waals surface area contributed by atoms with Gasteiger partial charge in [0, 0.05) is 25.7 Å². The number of carbonyl (C=O) groups excluding carboxylic acids is 4. The average Bonchev–Trinajstić information content (AvgIpc) is 0.923. The van der Waals surface area contributed by atoms with Gasteiger partial charge in [-0.05, 0) is 43.4 Å². The molecule has 17 nitrogen and oxygen atoms in total. The molecule has 0 rings (SSSR count). The Morgan fingerprint density at radius 2 is 0.438 bits per heavy atom. The number of esters is 4. The summed E-state index contributed by atoms with van der Waals surface area (Å²) < 4.78 is 68.8. The van der Waals surface area contributed by atoms with Crippen molar-refractivity contribution in [3.63, 3.8) is 0 Å². The Labute approximate surface area is 645 Å². The molecular weight excluding hydrogens is 1370 g/mol. The number of ether oxygens (including phenoxy) is 4. The zero-order valence-corrected chi connectivity index (χ0v) is 71.0. The fraction of sp³-hybridized carbons (Fsp3) is 0.953. The highest BCUT2D eigenvalue weighted by atomic mass is 31.2. The molecule has 5 atom stereocenters. The lowest BCUT2D eigenvalue weighted by Gasteiger charge is -2.21. The van der Waals surface area contributed by atoms with Crippen LogP contribution in [0.1, 0.15) is 453 Å². The molecule has 0 heterocycles. The fourth-order valence-electron chi connectivity index (χ4n) is 13.4. The molecule has 0 radical (unpaired) electrons. The van der Waals surface area contributed by atoms with Gasteiger partial charge in [-0.1, -0.05) is 402 Å². The maximum atomic E-state index is 13.1. The first-order valence-corrected chi connectivity index (χ1v) is 47.3. The molecule has 0 fully saturated rings. The molecule has 0 aromatic rings. The van der Waals surface area contributed by atoms with Crippen LogP contribution in [0.25, 0.3) is 0 Å². The van der Waals surface area contributed by atoms with Gasteiger partial charge in [0.25, 0.3) is 0 Å². The summed E-state index contributed by atoms with van der Waals surface area (Å²) in [6.07, 6.45) is 66.7. The van der Waals surface area contributed by atoms with Crippen molar-refractivity contribution < 1.29 is 80.2 Å². The van der Waals surface area contributed by atoms with Crippen LogP contribution in [-0.4, -0.2) is 96.7 Å². The summed E-state index contributed by atoms with van der Waals surface area (Å²) in [6, 6.07) is 0. The minimum atomic E-state index is -4.97. The van der Waals surface area contributed by atoms with Crippen molar-refractivity contribution in [1.29, 1.82) is 0 Å². The lowest BCUT2D eigenvalue weighted by molar-refractivity contribution is -0.161. The van der Waals surface area contributed by atoms with Crippen molar-refractivity contribution in [2.24, 2.45) is 17.8 Å². The molecule has 0 saturated carbocycles. The Bertz CT molecular complexity index is 2030. The van der Waals surface area contributed by atoms with Crippen LogP contribution in [0, 0.1) is 17.8 Å². The van der Waals surface area contributed by atoms with Crippen LogP contribution in [0.2, 0.25) is 0 Å². The Balaban J connectivity index is 5.19. The normalized spacial score (nSPS) is 13.9. The lowest BCUT2D eigenvalue weighted by atomic mass is 10.0. The molecule has 2 unspecified atom stereocenters. The third kappa shape index (κ3) is 79.9. The van der Waals surface area contributed by atoms with Crippen molar-refractivity contribution in [3.8, 4) is 0 Å². The number of hydrogen-bond donors (Lipinski definition) is 3. The molecule has 0 aliphatic heterocycles. The first kappa shape index (κ1) is 103. The lowest BCUT2D eigenvalue weighted by Crippen LogP contribution is -2.30. The number of aliphatic hydroxyl groups excluding tert-OH is 1. The number of phosphoric ester groups is 2. The molecule has 0 bridgehead atoms. The second-order valence-electron chi connectivity index (χ2n) is 32.4. The van der Waals surface area contributed by atoms with E-state index in [0.29, 0.717) is 25.7 Å². The fourth-order valence-corrected chi connectivity index (χ4v) is 14.9. The number of aliphatic hydroxyl groups is 1. The molecule has 0 saturated heterocycles. The van der Waals surface area contributed by atoms with E-state index in [1.165, 1.54) is 257 Å². The van der Waals surface area contributed by atoms with E-state index in [-0.39, 0.29) is 25.7 Å². The Morgan fingerprint density at radius 1 is 0.257 bits per heavy atom. The van der Waals surface area contributed by atoms with Gasteiger partial charge in [0.1, 0.15) is 19.3 Å². The third-order valence-electron chi connectivity index (χ3n) is 20.1. The predicted octanol–water partition coefficient (Wildman–Crippen LogP) is 26.1. The van der Waals surface area contributed by atoms with Crippen molar-refractivity contribution >= 4 is 39.5 Å². The second kappa shape index (κ2) is 76.1. The van der Waals surface area contributed by atoms with E-state index in [1.807, 2.05) is 0 Å². The number of phosphoric acid groups is 2. The molecule has 0 aliphatic rings. The monoisotopic (exact) mass is 1540 g/mol. The van der Waals surface area contributed by atoms with E-state index in [0.717, 1.165) is 114 Å². The summed E-state index contributed by atoms with van der Waals surface area (Å²) in [5.74, 6) is 0.325. The van der Waals surface area contributed by atoms with E-state index in [1.54, 1.807) is 0 Å². The van der Waals surface area contributed by atoms with Gasteiger partial charge >= 0.3 is 39.5 Å². The SMILES string of the molecule is CCCCCCCCCCC(=O)OC[C@H](COP(=O)(O)OC[C@H](O)COP(=O)(O)OC[C@@H](COC(=O)CCCCCCCCCCCCCCCCCCC(C)C)OC(=O)CCCCCCCCCCCCCCCCCCC(C)C)OC(=O)CCCCCCCCCCCCCCCCCCC(C)C. The Morgan fingerprint density at radius 3 is 0.648 bits per heavy atom. The molecule has 0 aromatic carbocycles. The van der Waals surface area contributed by atoms with Gasteiger partial charge in [-0.25, -0.2) is 9.13 Å². The Kier molecular flexibility index (Phi) is 74.7. The second-order valence-corrected chi connectivity index (χ2v) is 35.3. The smallest absolute Gasteiger partial charge is 0.462 e. The first-order chi connectivity index (χ1) is 50.7. The third-order valence-corrected chi connectivity index (χ3v) is 22.0. The van der Waals surface area contributed by atoms with Crippen LogP contribution in [0.4, 0.5) is 0 Å². The van der Waals surface area contributed by atoms with Gasteiger partial charge in [0.15, 0.2) is 12.2 Å². The molecule has 3 N–H and O–H groups in total. The van der Waals surface area contributed by atoms with Gasteiger partial charge in [-0.3, -0.25) is 37.3 Å². The van der Waals surface area contributed by atoms with Crippen molar-refractivity contribution in [1.82, 2.24) is 0 Å². The van der Waals surface area contributed by atoms with Gasteiger partial charge in [-0.15, -0.1) is 0 Å². The maximum absolute atomic E-state index is 13.1. The molecule has 0 aromatic heterocycles. The van der Waals surface area contributed by atoms with E-state index < -0.39 is 97.5 Å². The average molecular weight is 1540 g/mol. The molecule has 0 amide bonds. The quantitative estimate of drug-likeness (QED) is 0.0222. The minimum Gasteiger partial charge on any atom is -0.462 e. The summed E-state index contributed by atoms with van der Waals surface area (Å²) in [4.78, 5) is 73.1. The molecular formula is C86H168O17P2. The van der Waals surface area contributed by atoms with Crippen LogP contribution in [-0.2, 0) is 65.4 Å². The van der Waals surface area contributed by atoms with Crippen LogP contribution in [0.15, 0.2) is 0 Å². The number of hydrogen-bond acceptors (Lipinski definition) is 15. The number of carbonyl (C=O) groups is 4. The highest BCUT2D eigenvalue weighted by Crippen LogP contribution is 2.45. The number of rotatable bonds is 84. The van der Waals surface area contributed by atoms with Gasteiger partial charge in [0.2, 0.25) is 0 Å². The van der Waals surface area contributed by atoms with E-state index >= 15 is 0 Å². The van der Waals surface area contributed by atoms with E-state index in [2.05, 4.69) is 48.5 Å². The van der Waals surface area contributed by atoms with Crippen molar-refractivity contribution in [2.45, 2.75) is 471 Å². The highest BCUT2D eigenvalue weighted by Gasteiger charge is 2.30. The molecule has 624 valence electrons. The molecule has 0 spiro atoms. The topological polar surface area (TPSA) is 237 Å². The summed E-state index contributed by atoms with van der Waals surface area (Å²) in [5, 5.41) is 10.7. The van der Waals surface area contributed by atoms with Crippen molar-refractivity contribution in [2.75, 3.05) is 39.6 Å². The zero-order chi connectivity index (χ0) is 77.2. The largest absolute Gasteiger partial charge is 0.472 e. The van der Waals surface area contributed by atoms with Gasteiger partial charge < -0.3 is 33.8 Å². The molecule has 19 heteroatoms. The summed E-state index contributed by atoms with van der Waals surface area (Å²) >= 11 is 0. The Hall–Kier alpha value is -1.94. The van der Waals surface area contributed by atoms with Crippen molar-refractivity contribution in [3.05, 3.63) is 0 Å². The molecule has 0 aliphatic carbocycles. The predicted molar refractivity (Wildman–Crippen MR) is 432 cm³/mol. The standard InChI is InChI=1S/C86H168O17P2/c1-8-9-10-11-12-46-53-60-67-83(88)96-73-81(102-85(90)69-62-55-48-41-35-29-23-17-14-20-26-32-38-44-51-58-65-78(4)5)75-100-104(92,93)98-71-80(87)72-99-105(94,95)101-76-82(103-86(91)70-63-56-49-42-36-30-24-18-15-21-27-33-39-45-52-59-66-79(6)7)74-97-84(89)68-61-54-47-40-34-28-22-16-13-19-25-31-37-43-50-57-64-77(2)3/h77-82,87H,8-76H2,1-7H3,(H,92,93)(H,94,95)/t80-,81+,82+/m0/s1. The highest BCUT2D eigenvalue weighted by molar-refractivity contribution is 7.47. The van der Waals surface area contributed by atoms with E-state index in [4.69, 9.17) is 37.0 Å². The van der Waals surface area contributed by atoms with Crippen LogP contribution in [0.5, 0.6) is 0 Å². The van der Waals surface area contributed by atoms with Crippen LogP contribution in [0.3, 0.4) is 0 Å². The summed E-state index contributed by atoms with van der Waals surface area (Å²) in [5.41, 5.74) is 0. The zero-order valence-electron chi connectivity index (χ0n) is 69.2. The summed E-state index contributed by atoms with van der Waals surface area (Å²) in [7, 11) is -9.92. The number of unbranched alkanes of at least 4 members (excludes halogenated alkanes) is 52. The minimum absolute atomic E-state index is 0.108. The molecule has 105 heavy (non-hydrogen) atoms. The maximum Gasteiger partial charge on any atom is 0.472 e.